The molecule has 0 bridgehead atoms. The van der Waals surface area contributed by atoms with Gasteiger partial charge in [-0.05, 0) is 61.9 Å². The predicted octanol–water partition coefficient (Wildman–Crippen LogP) is 4.38. The first-order chi connectivity index (χ1) is 10.9. The molecule has 1 aromatic carbocycles. The number of fused-ring (bicyclic) bond motifs is 1. The van der Waals surface area contributed by atoms with E-state index in [0.717, 1.165) is 24.9 Å². The molecule has 2 heteroatoms. The third kappa shape index (κ3) is 3.03. The van der Waals surface area contributed by atoms with E-state index in [1.807, 2.05) is 0 Å². The number of likely N-dealkylation sites (tertiary alicyclic amines) is 1. The Labute approximate surface area is 134 Å². The molecular formula is C20H29NO. The Morgan fingerprint density at radius 2 is 1.86 bits per heavy atom. The normalized spacial score (nSPS) is 23.6. The molecule has 22 heavy (non-hydrogen) atoms. The monoisotopic (exact) mass is 299 g/mol. The van der Waals surface area contributed by atoms with Crippen LogP contribution < -0.4 is 4.74 Å². The Morgan fingerprint density at radius 3 is 2.68 bits per heavy atom. The number of ether oxygens (including phenoxy) is 1. The van der Waals surface area contributed by atoms with Gasteiger partial charge >= 0.3 is 0 Å². The summed E-state index contributed by atoms with van der Waals surface area (Å²) in [5.74, 6) is 2.98. The second-order valence-electron chi connectivity index (χ2n) is 7.49. The van der Waals surface area contributed by atoms with Gasteiger partial charge in [0.25, 0.3) is 0 Å². The van der Waals surface area contributed by atoms with Crippen LogP contribution in [0.3, 0.4) is 0 Å². The first-order valence-corrected chi connectivity index (χ1v) is 9.37. The molecule has 0 amide bonds. The summed E-state index contributed by atoms with van der Waals surface area (Å²) in [5, 5.41) is 0. The van der Waals surface area contributed by atoms with E-state index in [1.54, 1.807) is 0 Å². The minimum atomic E-state index is 0.718. The van der Waals surface area contributed by atoms with Crippen molar-refractivity contribution < 1.29 is 4.74 Å². The van der Waals surface area contributed by atoms with Gasteiger partial charge in [-0.1, -0.05) is 43.9 Å². The van der Waals surface area contributed by atoms with Crippen molar-refractivity contribution in [2.24, 2.45) is 5.92 Å². The molecule has 1 saturated heterocycles. The van der Waals surface area contributed by atoms with Crippen LogP contribution in [-0.2, 0) is 6.42 Å². The second kappa shape index (κ2) is 6.62. The number of benzene rings is 1. The highest BCUT2D eigenvalue weighted by atomic mass is 16.5. The molecule has 2 aliphatic heterocycles. The van der Waals surface area contributed by atoms with Crippen molar-refractivity contribution in [1.82, 2.24) is 4.90 Å². The van der Waals surface area contributed by atoms with Crippen LogP contribution in [0.5, 0.6) is 5.75 Å². The van der Waals surface area contributed by atoms with Gasteiger partial charge in [0, 0.05) is 6.42 Å². The highest BCUT2D eigenvalue weighted by Gasteiger charge is 2.26. The molecule has 0 atom stereocenters. The Morgan fingerprint density at radius 1 is 1.05 bits per heavy atom. The standard InChI is InChI=1S/C20H29NO/c1-2-5-16(4-1)8-12-21-13-9-17(10-14-21)19-7-3-6-18-11-15-22-20(18)19/h3,6-7,16-17H,1-2,4-5,8-15H2. The molecule has 120 valence electrons. The predicted molar refractivity (Wildman–Crippen MR) is 90.6 cm³/mol. The minimum Gasteiger partial charge on any atom is -0.493 e. The zero-order valence-electron chi connectivity index (χ0n) is 13.7. The van der Waals surface area contributed by atoms with E-state index in [-0.39, 0.29) is 0 Å². The van der Waals surface area contributed by atoms with Crippen molar-refractivity contribution in [2.75, 3.05) is 26.2 Å². The van der Waals surface area contributed by atoms with Gasteiger partial charge in [0.1, 0.15) is 5.75 Å². The molecule has 1 saturated carbocycles. The average Bonchev–Trinajstić information content (AvgIpc) is 3.24. The highest BCUT2D eigenvalue weighted by molar-refractivity contribution is 5.46. The minimum absolute atomic E-state index is 0.718. The van der Waals surface area contributed by atoms with Crippen LogP contribution in [0.2, 0.25) is 0 Å². The molecule has 4 rings (SSSR count). The van der Waals surface area contributed by atoms with Crippen LogP contribution in [0.1, 0.15) is 62.0 Å². The van der Waals surface area contributed by atoms with Crippen LogP contribution in [-0.4, -0.2) is 31.1 Å². The van der Waals surface area contributed by atoms with E-state index in [4.69, 9.17) is 4.74 Å². The summed E-state index contributed by atoms with van der Waals surface area (Å²) in [5.41, 5.74) is 2.92. The Kier molecular flexibility index (Phi) is 4.38. The smallest absolute Gasteiger partial charge is 0.126 e. The molecule has 0 spiro atoms. The maximum absolute atomic E-state index is 5.91. The Balaban J connectivity index is 1.31. The van der Waals surface area contributed by atoms with Crippen molar-refractivity contribution in [3.05, 3.63) is 29.3 Å². The molecule has 3 aliphatic rings. The Bertz CT molecular complexity index is 498. The van der Waals surface area contributed by atoms with Gasteiger partial charge in [-0.2, -0.15) is 0 Å². The zero-order chi connectivity index (χ0) is 14.8. The van der Waals surface area contributed by atoms with Crippen LogP contribution in [0.25, 0.3) is 0 Å². The third-order valence-corrected chi connectivity index (χ3v) is 6.10. The zero-order valence-corrected chi connectivity index (χ0v) is 13.7. The third-order valence-electron chi connectivity index (χ3n) is 6.10. The van der Waals surface area contributed by atoms with Crippen molar-refractivity contribution in [2.45, 2.75) is 57.3 Å². The first kappa shape index (κ1) is 14.6. The summed E-state index contributed by atoms with van der Waals surface area (Å²) in [6.45, 7) is 4.77. The lowest BCUT2D eigenvalue weighted by Gasteiger charge is -2.33. The van der Waals surface area contributed by atoms with E-state index < -0.39 is 0 Å². The summed E-state index contributed by atoms with van der Waals surface area (Å²) >= 11 is 0. The first-order valence-electron chi connectivity index (χ1n) is 9.37. The largest absolute Gasteiger partial charge is 0.493 e. The molecule has 1 aliphatic carbocycles. The van der Waals surface area contributed by atoms with E-state index in [0.29, 0.717) is 0 Å². The molecule has 0 N–H and O–H groups in total. The van der Waals surface area contributed by atoms with Gasteiger partial charge in [-0.3, -0.25) is 0 Å². The van der Waals surface area contributed by atoms with Crippen LogP contribution >= 0.6 is 0 Å². The fraction of sp³-hybridized carbons (Fsp3) is 0.700. The molecule has 2 heterocycles. The lowest BCUT2D eigenvalue weighted by atomic mass is 9.87. The maximum Gasteiger partial charge on any atom is 0.126 e. The topological polar surface area (TPSA) is 12.5 Å². The number of hydrogen-bond donors (Lipinski definition) is 0. The molecule has 0 aromatic heterocycles. The molecule has 1 aromatic rings. The molecule has 2 nitrogen and oxygen atoms in total. The van der Waals surface area contributed by atoms with Crippen molar-refractivity contribution in [1.29, 1.82) is 0 Å². The molecular weight excluding hydrogens is 270 g/mol. The fourth-order valence-electron chi connectivity index (χ4n) is 4.69. The van der Waals surface area contributed by atoms with Gasteiger partial charge in [0.05, 0.1) is 6.61 Å². The quantitative estimate of drug-likeness (QED) is 0.818. The van der Waals surface area contributed by atoms with Crippen molar-refractivity contribution in [3.8, 4) is 5.75 Å². The van der Waals surface area contributed by atoms with Gasteiger partial charge < -0.3 is 9.64 Å². The van der Waals surface area contributed by atoms with Gasteiger partial charge in [0.2, 0.25) is 0 Å². The summed E-state index contributed by atoms with van der Waals surface area (Å²) in [6.07, 6.45) is 11.1. The van der Waals surface area contributed by atoms with Crippen molar-refractivity contribution in [3.63, 3.8) is 0 Å². The summed E-state index contributed by atoms with van der Waals surface area (Å²) < 4.78 is 5.91. The van der Waals surface area contributed by atoms with Gasteiger partial charge in [-0.25, -0.2) is 0 Å². The fourth-order valence-corrected chi connectivity index (χ4v) is 4.69. The van der Waals surface area contributed by atoms with Gasteiger partial charge in [0.15, 0.2) is 0 Å². The Hall–Kier alpha value is -1.02. The van der Waals surface area contributed by atoms with E-state index in [2.05, 4.69) is 23.1 Å². The van der Waals surface area contributed by atoms with Crippen LogP contribution in [0, 0.1) is 5.92 Å². The molecule has 0 unspecified atom stereocenters. The summed E-state index contributed by atoms with van der Waals surface area (Å²) in [7, 11) is 0. The summed E-state index contributed by atoms with van der Waals surface area (Å²) in [4.78, 5) is 2.71. The van der Waals surface area contributed by atoms with Crippen LogP contribution in [0.15, 0.2) is 18.2 Å². The van der Waals surface area contributed by atoms with Crippen molar-refractivity contribution >= 4 is 0 Å². The average molecular weight is 299 g/mol. The number of para-hydroxylation sites is 1. The van der Waals surface area contributed by atoms with Gasteiger partial charge in [-0.15, -0.1) is 0 Å². The lowest BCUT2D eigenvalue weighted by Crippen LogP contribution is -2.34. The maximum atomic E-state index is 5.91. The number of hydrogen-bond acceptors (Lipinski definition) is 2. The highest BCUT2D eigenvalue weighted by Crippen LogP contribution is 2.39. The summed E-state index contributed by atoms with van der Waals surface area (Å²) in [6, 6.07) is 6.78. The molecule has 2 fully saturated rings. The number of rotatable bonds is 4. The number of piperidine rings is 1. The second-order valence-corrected chi connectivity index (χ2v) is 7.49. The van der Waals surface area contributed by atoms with E-state index >= 15 is 0 Å². The van der Waals surface area contributed by atoms with E-state index in [9.17, 15) is 0 Å². The van der Waals surface area contributed by atoms with E-state index in [1.165, 1.54) is 81.5 Å². The molecule has 0 radical (unpaired) electrons. The SMILES string of the molecule is c1cc2c(c(C3CCN(CCC4CCCC4)CC3)c1)OCC2. The number of nitrogens with zero attached hydrogens (tertiary/aromatic N) is 1. The lowest BCUT2D eigenvalue weighted by molar-refractivity contribution is 0.197. The van der Waals surface area contributed by atoms with Crippen LogP contribution in [0.4, 0.5) is 0 Å².